The Balaban J connectivity index is 1.82. The Bertz CT molecular complexity index is 1200. The number of aromatic nitrogens is 4. The Labute approximate surface area is 155 Å². The van der Waals surface area contributed by atoms with Crippen LogP contribution in [0.25, 0.3) is 22.3 Å². The highest BCUT2D eigenvalue weighted by molar-refractivity contribution is 5.91. The summed E-state index contributed by atoms with van der Waals surface area (Å²) < 4.78 is 1.79. The van der Waals surface area contributed by atoms with Gasteiger partial charge in [0.25, 0.3) is 0 Å². The maximum atomic E-state index is 9.15. The molecule has 2 aromatic carbocycles. The number of nitriles is 1. The maximum Gasteiger partial charge on any atom is 0.222 e. The van der Waals surface area contributed by atoms with E-state index in [1.165, 1.54) is 0 Å². The van der Waals surface area contributed by atoms with Crippen molar-refractivity contribution in [3.8, 4) is 17.3 Å². The molecule has 0 saturated carbocycles. The van der Waals surface area contributed by atoms with Crippen LogP contribution in [0.15, 0.2) is 48.7 Å². The molecule has 0 aliphatic rings. The summed E-state index contributed by atoms with van der Waals surface area (Å²) in [5, 5.41) is 14.4. The number of hydrogen-bond acceptors (Lipinski definition) is 6. The molecule has 0 bridgehead atoms. The van der Waals surface area contributed by atoms with Gasteiger partial charge in [0.1, 0.15) is 0 Å². The van der Waals surface area contributed by atoms with Gasteiger partial charge in [0.15, 0.2) is 5.65 Å². The van der Waals surface area contributed by atoms with Gasteiger partial charge >= 0.3 is 0 Å². The van der Waals surface area contributed by atoms with Crippen LogP contribution in [0, 0.1) is 18.3 Å². The number of hydrogen-bond donors (Lipinski definition) is 2. The minimum Gasteiger partial charge on any atom is -0.399 e. The lowest BCUT2D eigenvalue weighted by molar-refractivity contribution is 0.704. The number of nitrogens with zero attached hydrogens (tertiary/aromatic N) is 5. The molecule has 0 fully saturated rings. The zero-order valence-corrected chi connectivity index (χ0v) is 14.7. The number of fused-ring (bicyclic) bond motifs is 1. The molecule has 7 nitrogen and oxygen atoms in total. The van der Waals surface area contributed by atoms with Crippen LogP contribution in [-0.4, -0.2) is 19.7 Å². The molecule has 2 aromatic heterocycles. The smallest absolute Gasteiger partial charge is 0.222 e. The van der Waals surface area contributed by atoms with Gasteiger partial charge in [-0.2, -0.15) is 15.3 Å². The molecule has 4 N–H and O–H groups in total. The van der Waals surface area contributed by atoms with Crippen molar-refractivity contribution in [2.24, 2.45) is 0 Å². The van der Waals surface area contributed by atoms with Gasteiger partial charge in [-0.3, -0.25) is 0 Å². The molecule has 0 radical (unpaired) electrons. The molecule has 27 heavy (non-hydrogen) atoms. The highest BCUT2D eigenvalue weighted by atomic mass is 15.3. The third kappa shape index (κ3) is 3.04. The average molecular weight is 355 g/mol. The van der Waals surface area contributed by atoms with E-state index in [0.717, 1.165) is 27.8 Å². The van der Waals surface area contributed by atoms with Crippen LogP contribution in [0.3, 0.4) is 0 Å². The lowest BCUT2D eigenvalue weighted by Crippen LogP contribution is -2.05. The Kier molecular flexibility index (Phi) is 3.94. The van der Waals surface area contributed by atoms with Crippen molar-refractivity contribution >= 4 is 22.7 Å². The van der Waals surface area contributed by atoms with Crippen molar-refractivity contribution in [3.63, 3.8) is 0 Å². The summed E-state index contributed by atoms with van der Waals surface area (Å²) >= 11 is 0. The third-order valence-corrected chi connectivity index (χ3v) is 4.45. The number of nitrogen functional groups attached to an aromatic ring is 2. The highest BCUT2D eigenvalue weighted by Crippen LogP contribution is 2.27. The van der Waals surface area contributed by atoms with Crippen LogP contribution < -0.4 is 11.5 Å². The largest absolute Gasteiger partial charge is 0.399 e. The highest BCUT2D eigenvalue weighted by Gasteiger charge is 2.14. The number of benzene rings is 2. The fourth-order valence-corrected chi connectivity index (χ4v) is 3.05. The number of anilines is 2. The molecule has 0 aliphatic heterocycles. The molecule has 4 rings (SSSR count). The van der Waals surface area contributed by atoms with Gasteiger partial charge in [-0.25, -0.2) is 9.67 Å². The van der Waals surface area contributed by atoms with Crippen LogP contribution in [0.5, 0.6) is 0 Å². The predicted octanol–water partition coefficient (Wildman–Crippen LogP) is 2.89. The van der Waals surface area contributed by atoms with Crippen molar-refractivity contribution in [1.29, 1.82) is 5.26 Å². The lowest BCUT2D eigenvalue weighted by Gasteiger charge is -2.08. The minimum atomic E-state index is 0.162. The molecule has 7 heteroatoms. The Hall–Kier alpha value is -3.92. The van der Waals surface area contributed by atoms with Crippen molar-refractivity contribution in [2.45, 2.75) is 13.5 Å². The fourth-order valence-electron chi connectivity index (χ4n) is 3.05. The maximum absolute atomic E-state index is 9.15. The van der Waals surface area contributed by atoms with Crippen LogP contribution in [0.1, 0.15) is 16.7 Å². The summed E-state index contributed by atoms with van der Waals surface area (Å²) in [7, 11) is 0. The Morgan fingerprint density at radius 2 is 1.96 bits per heavy atom. The van der Waals surface area contributed by atoms with E-state index in [1.54, 1.807) is 23.0 Å². The lowest BCUT2D eigenvalue weighted by atomic mass is 10.1. The van der Waals surface area contributed by atoms with E-state index in [-0.39, 0.29) is 5.95 Å². The van der Waals surface area contributed by atoms with Gasteiger partial charge in [-0.15, -0.1) is 0 Å². The first-order chi connectivity index (χ1) is 13.0. The van der Waals surface area contributed by atoms with Gasteiger partial charge in [0.05, 0.1) is 35.5 Å². The van der Waals surface area contributed by atoms with E-state index >= 15 is 0 Å². The van der Waals surface area contributed by atoms with E-state index in [0.29, 0.717) is 23.4 Å². The number of nitrogens with two attached hydrogens (primary N) is 2. The second-order valence-corrected chi connectivity index (χ2v) is 6.35. The van der Waals surface area contributed by atoms with E-state index in [4.69, 9.17) is 16.7 Å². The predicted molar refractivity (Wildman–Crippen MR) is 105 cm³/mol. The third-order valence-electron chi connectivity index (χ3n) is 4.45. The quantitative estimate of drug-likeness (QED) is 0.545. The van der Waals surface area contributed by atoms with Crippen LogP contribution in [0.4, 0.5) is 11.6 Å². The molecular weight excluding hydrogens is 338 g/mol. The molecule has 0 aliphatic carbocycles. The summed E-state index contributed by atoms with van der Waals surface area (Å²) in [6, 6.07) is 15.3. The second kappa shape index (κ2) is 6.42. The fraction of sp³-hybridized carbons (Fsp3) is 0.100. The van der Waals surface area contributed by atoms with Gasteiger partial charge in [-0.05, 0) is 36.2 Å². The topological polar surface area (TPSA) is 119 Å². The molecule has 0 saturated heterocycles. The molecular formula is C20H17N7. The van der Waals surface area contributed by atoms with Gasteiger partial charge in [0.2, 0.25) is 5.95 Å². The standard InChI is InChI=1S/C20H17N7/c1-12-7-14(5-6-17(12)22)11-27-19-16(10-24-27)18(25-20(23)26-19)15-4-2-3-13(8-15)9-21/h2-8,10H,11,22H2,1H3,(H2,23,25,26). The van der Waals surface area contributed by atoms with Gasteiger partial charge in [-0.1, -0.05) is 24.3 Å². The molecule has 132 valence electrons. The van der Waals surface area contributed by atoms with Crippen LogP contribution >= 0.6 is 0 Å². The molecule has 0 amide bonds. The summed E-state index contributed by atoms with van der Waals surface area (Å²) in [6.07, 6.45) is 1.73. The zero-order valence-electron chi connectivity index (χ0n) is 14.7. The first-order valence-corrected chi connectivity index (χ1v) is 8.40. The van der Waals surface area contributed by atoms with E-state index in [2.05, 4.69) is 21.1 Å². The monoisotopic (exact) mass is 355 g/mol. The summed E-state index contributed by atoms with van der Waals surface area (Å²) in [4.78, 5) is 8.76. The van der Waals surface area contributed by atoms with E-state index < -0.39 is 0 Å². The average Bonchev–Trinajstić information content (AvgIpc) is 3.06. The van der Waals surface area contributed by atoms with Crippen LogP contribution in [0.2, 0.25) is 0 Å². The normalized spacial score (nSPS) is 10.8. The molecule has 0 unspecified atom stereocenters. The number of aryl methyl sites for hydroxylation is 1. The van der Waals surface area contributed by atoms with Gasteiger partial charge in [0, 0.05) is 11.3 Å². The van der Waals surface area contributed by atoms with Crippen molar-refractivity contribution < 1.29 is 0 Å². The van der Waals surface area contributed by atoms with Crippen molar-refractivity contribution in [2.75, 3.05) is 11.5 Å². The number of rotatable bonds is 3. The van der Waals surface area contributed by atoms with Crippen LogP contribution in [-0.2, 0) is 6.54 Å². The SMILES string of the molecule is Cc1cc(Cn2ncc3c(-c4cccc(C#N)c4)nc(N)nc32)ccc1N. The molecule has 0 atom stereocenters. The first-order valence-electron chi connectivity index (χ1n) is 8.40. The Morgan fingerprint density at radius 3 is 2.74 bits per heavy atom. The van der Waals surface area contributed by atoms with Crippen molar-refractivity contribution in [1.82, 2.24) is 19.7 Å². The summed E-state index contributed by atoms with van der Waals surface area (Å²) in [5.74, 6) is 0.162. The van der Waals surface area contributed by atoms with E-state index in [1.807, 2.05) is 37.3 Å². The molecule has 2 heterocycles. The minimum absolute atomic E-state index is 0.162. The zero-order chi connectivity index (χ0) is 19.0. The van der Waals surface area contributed by atoms with E-state index in [9.17, 15) is 0 Å². The molecule has 0 spiro atoms. The summed E-state index contributed by atoms with van der Waals surface area (Å²) in [5.41, 5.74) is 17.4. The second-order valence-electron chi connectivity index (χ2n) is 6.35. The van der Waals surface area contributed by atoms with Crippen molar-refractivity contribution in [3.05, 3.63) is 65.4 Å². The Morgan fingerprint density at radius 1 is 1.11 bits per heavy atom. The first kappa shape index (κ1) is 16.5. The van der Waals surface area contributed by atoms with Gasteiger partial charge < -0.3 is 11.5 Å². The molecule has 4 aromatic rings. The summed E-state index contributed by atoms with van der Waals surface area (Å²) in [6.45, 7) is 2.51.